The van der Waals surface area contributed by atoms with Gasteiger partial charge < -0.3 is 15.0 Å². The zero-order chi connectivity index (χ0) is 15.0. The van der Waals surface area contributed by atoms with Gasteiger partial charge in [-0.15, -0.1) is 0 Å². The highest BCUT2D eigenvalue weighted by Gasteiger charge is 2.27. The first-order valence-electron chi connectivity index (χ1n) is 6.57. The summed E-state index contributed by atoms with van der Waals surface area (Å²) in [5, 5.41) is 11.6. The Morgan fingerprint density at radius 2 is 2.05 bits per heavy atom. The minimum Gasteiger partial charge on any atom is -0.478 e. The average Bonchev–Trinajstić information content (AvgIpc) is 3.17. The van der Waals surface area contributed by atoms with Crippen LogP contribution in [-0.4, -0.2) is 21.6 Å². The summed E-state index contributed by atoms with van der Waals surface area (Å²) in [5.74, 6) is -2.35. The number of carbonyl (C=O) groups excluding carboxylic acids is 1. The summed E-state index contributed by atoms with van der Waals surface area (Å²) >= 11 is 0. The van der Waals surface area contributed by atoms with E-state index < -0.39 is 17.7 Å². The Hall–Kier alpha value is -2.63. The van der Waals surface area contributed by atoms with Gasteiger partial charge in [0.1, 0.15) is 11.5 Å². The number of hydrogen-bond donors (Lipinski definition) is 2. The van der Waals surface area contributed by atoms with E-state index in [1.807, 2.05) is 10.8 Å². The van der Waals surface area contributed by atoms with Crippen LogP contribution in [0.15, 0.2) is 36.5 Å². The van der Waals surface area contributed by atoms with Crippen LogP contribution in [0, 0.1) is 5.82 Å². The lowest BCUT2D eigenvalue weighted by Gasteiger charge is -2.10. The van der Waals surface area contributed by atoms with Crippen LogP contribution in [0.25, 0.3) is 0 Å². The number of halogens is 1. The van der Waals surface area contributed by atoms with Crippen molar-refractivity contribution in [1.82, 2.24) is 4.57 Å². The summed E-state index contributed by atoms with van der Waals surface area (Å²) in [6, 6.07) is 7.04. The maximum Gasteiger partial charge on any atom is 0.337 e. The smallest absolute Gasteiger partial charge is 0.337 e. The molecule has 3 rings (SSSR count). The standard InChI is InChI=1S/C15H13FN2O3/c16-9-3-6-12(11(8-9)15(20)21)17-14(19)13-2-1-7-18(13)10-4-5-10/h1-3,6-8,10H,4-5H2,(H,17,19)(H,20,21). The zero-order valence-corrected chi connectivity index (χ0v) is 11.0. The van der Waals surface area contributed by atoms with Crippen LogP contribution in [0.4, 0.5) is 10.1 Å². The second-order valence-corrected chi connectivity index (χ2v) is 4.98. The van der Waals surface area contributed by atoms with E-state index in [0.29, 0.717) is 11.7 Å². The molecule has 1 aromatic carbocycles. The lowest BCUT2D eigenvalue weighted by atomic mass is 10.1. The summed E-state index contributed by atoms with van der Waals surface area (Å²) in [5.41, 5.74) is 0.281. The van der Waals surface area contributed by atoms with Crippen molar-refractivity contribution in [3.05, 3.63) is 53.6 Å². The summed E-state index contributed by atoms with van der Waals surface area (Å²) < 4.78 is 15.0. The quantitative estimate of drug-likeness (QED) is 0.908. The van der Waals surface area contributed by atoms with E-state index in [4.69, 9.17) is 5.11 Å². The molecule has 0 saturated heterocycles. The van der Waals surface area contributed by atoms with Gasteiger partial charge in [0.05, 0.1) is 11.3 Å². The first-order chi connectivity index (χ1) is 10.1. The van der Waals surface area contributed by atoms with Crippen molar-refractivity contribution in [2.24, 2.45) is 0 Å². The normalized spacial score (nSPS) is 14.0. The molecule has 1 aliphatic carbocycles. The van der Waals surface area contributed by atoms with Gasteiger partial charge >= 0.3 is 5.97 Å². The van der Waals surface area contributed by atoms with Crippen LogP contribution in [0.2, 0.25) is 0 Å². The van der Waals surface area contributed by atoms with Crippen LogP contribution >= 0.6 is 0 Å². The zero-order valence-electron chi connectivity index (χ0n) is 11.0. The van der Waals surface area contributed by atoms with Gasteiger partial charge in [0.25, 0.3) is 5.91 Å². The molecule has 2 N–H and O–H groups in total. The van der Waals surface area contributed by atoms with Crippen molar-refractivity contribution in [2.75, 3.05) is 5.32 Å². The largest absolute Gasteiger partial charge is 0.478 e. The topological polar surface area (TPSA) is 71.3 Å². The maximum absolute atomic E-state index is 13.1. The monoisotopic (exact) mass is 288 g/mol. The summed E-state index contributed by atoms with van der Waals surface area (Å²) in [7, 11) is 0. The number of aromatic nitrogens is 1. The van der Waals surface area contributed by atoms with E-state index in [-0.39, 0.29) is 11.3 Å². The molecule has 0 bridgehead atoms. The number of nitrogens with zero attached hydrogens (tertiary/aromatic N) is 1. The molecule has 1 saturated carbocycles. The predicted molar refractivity (Wildman–Crippen MR) is 74.0 cm³/mol. The third-order valence-corrected chi connectivity index (χ3v) is 3.41. The van der Waals surface area contributed by atoms with Crippen molar-refractivity contribution in [3.63, 3.8) is 0 Å². The fraction of sp³-hybridized carbons (Fsp3) is 0.200. The number of hydrogen-bond acceptors (Lipinski definition) is 2. The van der Waals surface area contributed by atoms with Crippen LogP contribution < -0.4 is 5.32 Å². The predicted octanol–water partition coefficient (Wildman–Crippen LogP) is 2.91. The van der Waals surface area contributed by atoms with Crippen molar-refractivity contribution in [3.8, 4) is 0 Å². The van der Waals surface area contributed by atoms with Gasteiger partial charge in [-0.3, -0.25) is 4.79 Å². The fourth-order valence-corrected chi connectivity index (χ4v) is 2.25. The number of aromatic carboxylic acids is 1. The Bertz CT molecular complexity index is 719. The molecule has 0 unspecified atom stereocenters. The molecule has 1 aromatic heterocycles. The van der Waals surface area contributed by atoms with Gasteiger partial charge in [-0.2, -0.15) is 0 Å². The van der Waals surface area contributed by atoms with Gasteiger partial charge in [0.15, 0.2) is 0 Å². The number of anilines is 1. The van der Waals surface area contributed by atoms with Crippen LogP contribution in [0.1, 0.15) is 39.7 Å². The number of rotatable bonds is 4. The summed E-state index contributed by atoms with van der Waals surface area (Å²) in [6.07, 6.45) is 3.90. The molecular formula is C15H13FN2O3. The Morgan fingerprint density at radius 3 is 2.71 bits per heavy atom. The number of carboxylic acids is 1. The van der Waals surface area contributed by atoms with E-state index in [1.54, 1.807) is 12.1 Å². The van der Waals surface area contributed by atoms with Crippen LogP contribution in [0.3, 0.4) is 0 Å². The Morgan fingerprint density at radius 1 is 1.29 bits per heavy atom. The molecule has 1 fully saturated rings. The highest BCUT2D eigenvalue weighted by Crippen LogP contribution is 2.36. The molecule has 108 valence electrons. The maximum atomic E-state index is 13.1. The van der Waals surface area contributed by atoms with Crippen molar-refractivity contribution >= 4 is 17.6 Å². The molecule has 0 aliphatic heterocycles. The first kappa shape index (κ1) is 13.4. The highest BCUT2D eigenvalue weighted by molar-refractivity contribution is 6.07. The third kappa shape index (κ3) is 2.65. The summed E-state index contributed by atoms with van der Waals surface area (Å²) in [4.78, 5) is 23.4. The second-order valence-electron chi connectivity index (χ2n) is 4.98. The minimum absolute atomic E-state index is 0.0810. The molecule has 0 spiro atoms. The SMILES string of the molecule is O=C(O)c1cc(F)ccc1NC(=O)c1cccn1C1CC1. The number of amides is 1. The summed E-state index contributed by atoms with van der Waals surface area (Å²) in [6.45, 7) is 0. The molecule has 0 radical (unpaired) electrons. The number of benzene rings is 1. The van der Waals surface area contributed by atoms with E-state index in [0.717, 1.165) is 25.0 Å². The number of carbonyl (C=O) groups is 2. The average molecular weight is 288 g/mol. The second kappa shape index (κ2) is 5.05. The molecule has 21 heavy (non-hydrogen) atoms. The van der Waals surface area contributed by atoms with E-state index in [9.17, 15) is 14.0 Å². The van der Waals surface area contributed by atoms with Gasteiger partial charge in [0.2, 0.25) is 0 Å². The molecule has 1 heterocycles. The van der Waals surface area contributed by atoms with E-state index in [1.165, 1.54) is 6.07 Å². The minimum atomic E-state index is -1.29. The molecule has 6 heteroatoms. The lowest BCUT2D eigenvalue weighted by Crippen LogP contribution is -2.18. The van der Waals surface area contributed by atoms with E-state index in [2.05, 4.69) is 5.32 Å². The molecule has 2 aromatic rings. The van der Waals surface area contributed by atoms with Gasteiger partial charge in [-0.05, 0) is 43.2 Å². The highest BCUT2D eigenvalue weighted by atomic mass is 19.1. The van der Waals surface area contributed by atoms with Gasteiger partial charge in [-0.25, -0.2) is 9.18 Å². The van der Waals surface area contributed by atoms with Crippen molar-refractivity contribution in [1.29, 1.82) is 0 Å². The Balaban J connectivity index is 1.88. The fourth-order valence-electron chi connectivity index (χ4n) is 2.25. The molecule has 1 aliphatic rings. The van der Waals surface area contributed by atoms with Gasteiger partial charge in [0, 0.05) is 12.2 Å². The molecule has 0 atom stereocenters. The van der Waals surface area contributed by atoms with Crippen LogP contribution in [0.5, 0.6) is 0 Å². The molecule has 5 nitrogen and oxygen atoms in total. The lowest BCUT2D eigenvalue weighted by molar-refractivity contribution is 0.0697. The Labute approximate surface area is 120 Å². The number of nitrogens with one attached hydrogen (secondary N) is 1. The number of carboxylic acid groups (broad SMARTS) is 1. The van der Waals surface area contributed by atoms with Crippen LogP contribution in [-0.2, 0) is 0 Å². The molecule has 1 amide bonds. The Kier molecular flexibility index (Phi) is 3.21. The third-order valence-electron chi connectivity index (χ3n) is 3.41. The van der Waals surface area contributed by atoms with Gasteiger partial charge in [-0.1, -0.05) is 0 Å². The molecular weight excluding hydrogens is 275 g/mol. The van der Waals surface area contributed by atoms with E-state index >= 15 is 0 Å². The first-order valence-corrected chi connectivity index (χ1v) is 6.57. The van der Waals surface area contributed by atoms with Crippen molar-refractivity contribution in [2.45, 2.75) is 18.9 Å². The van der Waals surface area contributed by atoms with Crippen molar-refractivity contribution < 1.29 is 19.1 Å².